The summed E-state index contributed by atoms with van der Waals surface area (Å²) in [5, 5.41) is 12.4. The molecule has 0 atom stereocenters. The minimum atomic E-state index is -3.75. The maximum Gasteiger partial charge on any atom is 0.266 e. The van der Waals surface area contributed by atoms with Gasteiger partial charge in [0.1, 0.15) is 17.4 Å². The molecule has 2 rings (SSSR count). The molecule has 0 saturated heterocycles. The number of nitriles is 1. The second-order valence-electron chi connectivity index (χ2n) is 8.52. The van der Waals surface area contributed by atoms with E-state index < -0.39 is 15.9 Å². The van der Waals surface area contributed by atoms with E-state index in [2.05, 4.69) is 16.8 Å². The average Bonchev–Trinajstić information content (AvgIpc) is 3.06. The minimum Gasteiger partial charge on any atom is -0.489 e. The first-order chi connectivity index (χ1) is 16.5. The summed E-state index contributed by atoms with van der Waals surface area (Å²) >= 11 is 0. The predicted octanol–water partition coefficient (Wildman–Crippen LogP) is 4.88. The van der Waals surface area contributed by atoms with Crippen molar-refractivity contribution in [3.05, 3.63) is 46.8 Å². The van der Waals surface area contributed by atoms with Gasteiger partial charge in [0, 0.05) is 31.0 Å². The molecule has 1 N–H and O–H groups in total. The van der Waals surface area contributed by atoms with Crippen molar-refractivity contribution in [3.63, 3.8) is 0 Å². The van der Waals surface area contributed by atoms with Crippen LogP contribution in [0.5, 0.6) is 5.75 Å². The summed E-state index contributed by atoms with van der Waals surface area (Å²) in [7, 11) is -3.75. The van der Waals surface area contributed by atoms with Crippen molar-refractivity contribution in [1.29, 1.82) is 5.26 Å². The van der Waals surface area contributed by atoms with Gasteiger partial charge in [-0.2, -0.15) is 9.57 Å². The number of ether oxygens (including phenoxy) is 1. The van der Waals surface area contributed by atoms with Gasteiger partial charge in [0.05, 0.1) is 16.7 Å². The van der Waals surface area contributed by atoms with Gasteiger partial charge < -0.3 is 14.6 Å². The fraction of sp³-hybridized carbons (Fsp3) is 0.462. The Hall–Kier alpha value is -3.09. The van der Waals surface area contributed by atoms with Crippen LogP contribution in [0.15, 0.2) is 34.7 Å². The number of aromatic nitrogens is 1. The molecule has 35 heavy (non-hydrogen) atoms. The van der Waals surface area contributed by atoms with E-state index in [-0.39, 0.29) is 22.3 Å². The molecule has 0 spiro atoms. The van der Waals surface area contributed by atoms with Crippen LogP contribution in [0.3, 0.4) is 0 Å². The first-order valence-corrected chi connectivity index (χ1v) is 13.3. The van der Waals surface area contributed by atoms with Crippen LogP contribution in [0, 0.1) is 25.2 Å². The zero-order valence-corrected chi connectivity index (χ0v) is 22.5. The Morgan fingerprint density at radius 1 is 1.20 bits per heavy atom. The van der Waals surface area contributed by atoms with Crippen molar-refractivity contribution < 1.29 is 17.9 Å². The van der Waals surface area contributed by atoms with E-state index in [1.165, 1.54) is 22.5 Å². The van der Waals surface area contributed by atoms with Gasteiger partial charge in [-0.05, 0) is 70.0 Å². The number of hydrogen-bond acceptors (Lipinski definition) is 5. The summed E-state index contributed by atoms with van der Waals surface area (Å²) < 4.78 is 35.3. The van der Waals surface area contributed by atoms with Gasteiger partial charge in [-0.3, -0.25) is 4.79 Å². The highest BCUT2D eigenvalue weighted by molar-refractivity contribution is 7.89. The smallest absolute Gasteiger partial charge is 0.266 e. The number of benzene rings is 1. The molecule has 8 nitrogen and oxygen atoms in total. The van der Waals surface area contributed by atoms with E-state index in [0.29, 0.717) is 18.8 Å². The summed E-state index contributed by atoms with van der Waals surface area (Å²) in [6, 6.07) is 8.29. The number of nitrogens with zero attached hydrogens (tertiary/aromatic N) is 3. The molecule has 0 unspecified atom stereocenters. The van der Waals surface area contributed by atoms with Crippen LogP contribution in [0.2, 0.25) is 0 Å². The van der Waals surface area contributed by atoms with E-state index in [1.807, 2.05) is 39.8 Å². The third kappa shape index (κ3) is 6.53. The average molecular weight is 501 g/mol. The van der Waals surface area contributed by atoms with E-state index in [4.69, 9.17) is 4.74 Å². The highest BCUT2D eigenvalue weighted by Crippen LogP contribution is 2.31. The lowest BCUT2D eigenvalue weighted by Crippen LogP contribution is -2.30. The van der Waals surface area contributed by atoms with E-state index >= 15 is 0 Å². The predicted molar refractivity (Wildman–Crippen MR) is 139 cm³/mol. The number of rotatable bonds is 11. The molecule has 1 aromatic carbocycles. The molecule has 0 fully saturated rings. The van der Waals surface area contributed by atoms with Gasteiger partial charge in [0.15, 0.2) is 0 Å². The van der Waals surface area contributed by atoms with Crippen molar-refractivity contribution in [2.75, 3.05) is 18.4 Å². The van der Waals surface area contributed by atoms with Crippen molar-refractivity contribution in [2.45, 2.75) is 72.4 Å². The molecule has 0 saturated carbocycles. The number of aryl methyl sites for hydroxylation is 1. The highest BCUT2D eigenvalue weighted by Gasteiger charge is 2.24. The van der Waals surface area contributed by atoms with Gasteiger partial charge in [-0.1, -0.05) is 20.8 Å². The fourth-order valence-electron chi connectivity index (χ4n) is 3.87. The number of amides is 1. The van der Waals surface area contributed by atoms with Crippen molar-refractivity contribution in [3.8, 4) is 11.8 Å². The fourth-order valence-corrected chi connectivity index (χ4v) is 5.36. The molecule has 1 heterocycles. The number of nitrogens with one attached hydrogen (secondary N) is 1. The number of hydrogen-bond donors (Lipinski definition) is 1. The maximum atomic E-state index is 13.1. The zero-order valence-electron chi connectivity index (χ0n) is 21.7. The Bertz CT molecular complexity index is 1230. The SMILES string of the molecule is CCCn1c(C)cc(/C=C(\C#N)C(=O)Nc2cc(S(=O)(=O)N(CC)CC)ccc2OC(C)C)c1C. The molecule has 1 aromatic heterocycles. The lowest BCUT2D eigenvalue weighted by Gasteiger charge is -2.20. The second kappa shape index (κ2) is 12.0. The van der Waals surface area contributed by atoms with Crippen LogP contribution in [0.1, 0.15) is 58.0 Å². The van der Waals surface area contributed by atoms with Gasteiger partial charge in [0.2, 0.25) is 10.0 Å². The van der Waals surface area contributed by atoms with Crippen LogP contribution in [-0.4, -0.2) is 42.4 Å². The van der Waals surface area contributed by atoms with Gasteiger partial charge in [-0.25, -0.2) is 8.42 Å². The molecular formula is C26H36N4O4S. The van der Waals surface area contributed by atoms with E-state index in [9.17, 15) is 18.5 Å². The molecular weight excluding hydrogens is 464 g/mol. The molecule has 9 heteroatoms. The molecule has 190 valence electrons. The van der Waals surface area contributed by atoms with Crippen LogP contribution in [0.4, 0.5) is 5.69 Å². The summed E-state index contributed by atoms with van der Waals surface area (Å²) in [5.74, 6) is -0.316. The van der Waals surface area contributed by atoms with Crippen molar-refractivity contribution in [2.24, 2.45) is 0 Å². The molecule has 0 radical (unpaired) electrons. The number of carbonyl (C=O) groups is 1. The Balaban J connectivity index is 2.49. The molecule has 0 aliphatic heterocycles. The van der Waals surface area contributed by atoms with E-state index in [0.717, 1.165) is 29.9 Å². The van der Waals surface area contributed by atoms with Gasteiger partial charge in [-0.15, -0.1) is 0 Å². The standard InChI is InChI=1S/C26H36N4O4S/c1-8-13-30-19(6)14-21(20(30)7)15-22(17-27)26(31)28-24-16-23(11-12-25(24)34-18(4)5)35(32,33)29(9-2)10-3/h11-12,14-16,18H,8-10,13H2,1-7H3,(H,28,31)/b22-15+. The lowest BCUT2D eigenvalue weighted by molar-refractivity contribution is -0.112. The third-order valence-corrected chi connectivity index (χ3v) is 7.68. The number of anilines is 1. The minimum absolute atomic E-state index is 0.0400. The highest BCUT2D eigenvalue weighted by atomic mass is 32.2. The maximum absolute atomic E-state index is 13.1. The van der Waals surface area contributed by atoms with Crippen LogP contribution in [-0.2, 0) is 21.4 Å². The van der Waals surface area contributed by atoms with Crippen LogP contribution >= 0.6 is 0 Å². The van der Waals surface area contributed by atoms with Crippen molar-refractivity contribution in [1.82, 2.24) is 8.87 Å². The quantitative estimate of drug-likeness (QED) is 0.350. The molecule has 0 bridgehead atoms. The number of sulfonamides is 1. The Kier molecular flexibility index (Phi) is 9.69. The van der Waals surface area contributed by atoms with Gasteiger partial charge in [0.25, 0.3) is 5.91 Å². The van der Waals surface area contributed by atoms with Crippen LogP contribution in [0.25, 0.3) is 6.08 Å². The number of carbonyl (C=O) groups excluding carboxylic acids is 1. The summed E-state index contributed by atoms with van der Waals surface area (Å²) in [6.07, 6.45) is 2.32. The van der Waals surface area contributed by atoms with E-state index in [1.54, 1.807) is 19.9 Å². The molecule has 0 aliphatic carbocycles. The first-order valence-electron chi connectivity index (χ1n) is 11.9. The molecule has 1 amide bonds. The topological polar surface area (TPSA) is 104 Å². The molecule has 0 aliphatic rings. The Morgan fingerprint density at radius 3 is 2.40 bits per heavy atom. The third-order valence-electron chi connectivity index (χ3n) is 5.63. The summed E-state index contributed by atoms with van der Waals surface area (Å²) in [6.45, 7) is 14.7. The Labute approximate surface area is 209 Å². The normalized spacial score (nSPS) is 12.2. The second-order valence-corrected chi connectivity index (χ2v) is 10.5. The van der Waals surface area contributed by atoms with Crippen LogP contribution < -0.4 is 10.1 Å². The molecule has 2 aromatic rings. The van der Waals surface area contributed by atoms with Crippen molar-refractivity contribution >= 4 is 27.7 Å². The van der Waals surface area contributed by atoms with Gasteiger partial charge >= 0.3 is 0 Å². The largest absolute Gasteiger partial charge is 0.489 e. The lowest BCUT2D eigenvalue weighted by atomic mass is 10.1. The summed E-state index contributed by atoms with van der Waals surface area (Å²) in [4.78, 5) is 13.1. The Morgan fingerprint density at radius 2 is 1.86 bits per heavy atom. The zero-order chi connectivity index (χ0) is 26.3. The summed E-state index contributed by atoms with van der Waals surface area (Å²) in [5.41, 5.74) is 2.92. The monoisotopic (exact) mass is 500 g/mol. The first kappa shape index (κ1) is 28.1.